The lowest BCUT2D eigenvalue weighted by Gasteiger charge is -2.14. The van der Waals surface area contributed by atoms with Crippen LogP contribution < -0.4 is 15.2 Å². The summed E-state index contributed by atoms with van der Waals surface area (Å²) in [5.74, 6) is 2.69. The van der Waals surface area contributed by atoms with Crippen molar-refractivity contribution >= 4 is 11.7 Å². The topological polar surface area (TPSA) is 81.9 Å². The third-order valence-corrected chi connectivity index (χ3v) is 7.22. The van der Waals surface area contributed by atoms with Gasteiger partial charge in [-0.25, -0.2) is 0 Å². The number of primary amides is 1. The normalized spacial score (nSPS) is 14.5. The smallest absolute Gasteiger partial charge is 0.217 e. The van der Waals surface area contributed by atoms with Crippen LogP contribution in [0.2, 0.25) is 0 Å². The summed E-state index contributed by atoms with van der Waals surface area (Å²) in [4.78, 5) is 24.9. The molecule has 0 radical (unpaired) electrons. The van der Waals surface area contributed by atoms with Crippen molar-refractivity contribution in [1.82, 2.24) is 4.90 Å². The zero-order valence-electron chi connectivity index (χ0n) is 24.7. The molecule has 1 amide bonds. The van der Waals surface area contributed by atoms with Gasteiger partial charge in [0.2, 0.25) is 5.91 Å². The number of unbranched alkanes of at least 4 members (excludes halogenated alkanes) is 2. The van der Waals surface area contributed by atoms with E-state index in [-0.39, 0.29) is 11.7 Å². The highest BCUT2D eigenvalue weighted by atomic mass is 16.5. The number of carbonyl (C=O) groups is 2. The maximum Gasteiger partial charge on any atom is 0.217 e. The summed E-state index contributed by atoms with van der Waals surface area (Å²) in [5.41, 5.74) is 8.35. The fraction of sp³-hybridized carbons (Fsp3) is 0.576. The van der Waals surface area contributed by atoms with Crippen molar-refractivity contribution in [2.45, 2.75) is 84.5 Å². The Morgan fingerprint density at radius 2 is 1.54 bits per heavy atom. The maximum atomic E-state index is 11.8. The summed E-state index contributed by atoms with van der Waals surface area (Å²) >= 11 is 0. The Morgan fingerprint density at radius 1 is 0.897 bits per heavy atom. The van der Waals surface area contributed by atoms with E-state index in [1.807, 2.05) is 0 Å². The van der Waals surface area contributed by atoms with Crippen LogP contribution in [0.15, 0.2) is 42.5 Å². The molecule has 4 rings (SSSR count). The number of carbonyl (C=O) groups excluding carboxylic acids is 2. The molecule has 2 N–H and O–H groups in total. The highest BCUT2D eigenvalue weighted by molar-refractivity contribution is 5.96. The van der Waals surface area contributed by atoms with E-state index in [0.717, 1.165) is 43.1 Å². The minimum atomic E-state index is -0.281. The van der Waals surface area contributed by atoms with E-state index in [9.17, 15) is 9.59 Å². The molecule has 0 atom stereocenters. The van der Waals surface area contributed by atoms with Gasteiger partial charge in [-0.1, -0.05) is 38.3 Å². The van der Waals surface area contributed by atoms with Gasteiger partial charge in [0.05, 0.1) is 14.2 Å². The third-order valence-electron chi connectivity index (χ3n) is 7.22. The van der Waals surface area contributed by atoms with Gasteiger partial charge in [-0.05, 0) is 112 Å². The number of methoxy groups -OCH3 is 2. The molecule has 0 spiro atoms. The molecule has 6 nitrogen and oxygen atoms in total. The van der Waals surface area contributed by atoms with Gasteiger partial charge in [-0.3, -0.25) is 9.59 Å². The highest BCUT2D eigenvalue weighted by Gasteiger charge is 2.13. The molecule has 1 saturated heterocycles. The summed E-state index contributed by atoms with van der Waals surface area (Å²) in [7, 11) is 3.34. The van der Waals surface area contributed by atoms with E-state index in [4.69, 9.17) is 15.2 Å². The van der Waals surface area contributed by atoms with Gasteiger partial charge < -0.3 is 20.1 Å². The molecule has 216 valence electrons. The van der Waals surface area contributed by atoms with Crippen LogP contribution in [0.25, 0.3) is 0 Å². The summed E-state index contributed by atoms with van der Waals surface area (Å²) in [6.07, 6.45) is 11.5. The van der Waals surface area contributed by atoms with Gasteiger partial charge in [-0.2, -0.15) is 0 Å². The molecule has 1 heterocycles. The Hall–Kier alpha value is -2.86. The van der Waals surface area contributed by atoms with Gasteiger partial charge in [0.1, 0.15) is 11.5 Å². The molecule has 2 aliphatic rings. The number of aryl methyl sites for hydroxylation is 2. The first-order valence-electron chi connectivity index (χ1n) is 14.6. The molecule has 0 bridgehead atoms. The number of benzene rings is 2. The molecular weight excluding hydrogens is 488 g/mol. The number of nitrogens with two attached hydrogens (primary N) is 1. The Bertz CT molecular complexity index is 980. The van der Waals surface area contributed by atoms with E-state index < -0.39 is 0 Å². The standard InChI is InChI=1S/C15H23NO.C14H19NO3.C4H8/c1-13-7-8-14(12-15(13)17-2)6-5-11-16-9-3-4-10-16;1-18-12-9-7-11(8-10-12)13(16)5-3-2-4-6-14(15)17;1-4-2-3-4/h7-8,12H,3-6,9-11H2,1-2H3;7-10H,2-6H2,1H3,(H2,15,17);4H,2-3H2,1H3. The minimum absolute atomic E-state index is 0.122. The first kappa shape index (κ1) is 32.4. The Labute approximate surface area is 236 Å². The molecule has 39 heavy (non-hydrogen) atoms. The summed E-state index contributed by atoms with van der Waals surface area (Å²) < 4.78 is 10.4. The summed E-state index contributed by atoms with van der Waals surface area (Å²) in [6.45, 7) is 8.22. The number of rotatable bonds is 13. The van der Waals surface area contributed by atoms with Gasteiger partial charge in [0, 0.05) is 18.4 Å². The Kier molecular flexibility index (Phi) is 15.3. The number of ether oxygens (including phenoxy) is 2. The quantitative estimate of drug-likeness (QED) is 0.225. The van der Waals surface area contributed by atoms with Crippen LogP contribution in [0, 0.1) is 12.8 Å². The van der Waals surface area contributed by atoms with Crippen molar-refractivity contribution in [2.24, 2.45) is 11.7 Å². The van der Waals surface area contributed by atoms with Gasteiger partial charge in [0.15, 0.2) is 5.78 Å². The monoisotopic (exact) mass is 538 g/mol. The predicted molar refractivity (Wildman–Crippen MR) is 160 cm³/mol. The number of nitrogens with zero attached hydrogens (tertiary/aromatic N) is 1. The molecule has 6 heteroatoms. The first-order valence-corrected chi connectivity index (χ1v) is 14.6. The van der Waals surface area contributed by atoms with E-state index >= 15 is 0 Å². The van der Waals surface area contributed by atoms with Crippen molar-refractivity contribution < 1.29 is 19.1 Å². The van der Waals surface area contributed by atoms with E-state index in [0.29, 0.717) is 18.4 Å². The first-order chi connectivity index (χ1) is 18.8. The lowest BCUT2D eigenvalue weighted by molar-refractivity contribution is -0.118. The van der Waals surface area contributed by atoms with E-state index in [2.05, 4.69) is 36.9 Å². The minimum Gasteiger partial charge on any atom is -0.497 e. The van der Waals surface area contributed by atoms with Crippen LogP contribution in [-0.2, 0) is 11.2 Å². The lowest BCUT2D eigenvalue weighted by atomic mass is 10.0. The van der Waals surface area contributed by atoms with Crippen LogP contribution in [0.3, 0.4) is 0 Å². The number of Topliss-reactive ketones (excluding diaryl/α,β-unsaturated/α-hetero) is 1. The number of hydrogen-bond donors (Lipinski definition) is 1. The van der Waals surface area contributed by atoms with Crippen molar-refractivity contribution in [1.29, 1.82) is 0 Å². The maximum absolute atomic E-state index is 11.8. The molecule has 1 aliphatic heterocycles. The lowest BCUT2D eigenvalue weighted by Crippen LogP contribution is -2.20. The van der Waals surface area contributed by atoms with Gasteiger partial charge >= 0.3 is 0 Å². The fourth-order valence-electron chi connectivity index (χ4n) is 4.38. The fourth-order valence-corrected chi connectivity index (χ4v) is 4.38. The number of amides is 1. The average molecular weight is 539 g/mol. The van der Waals surface area contributed by atoms with Gasteiger partial charge in [0.25, 0.3) is 0 Å². The van der Waals surface area contributed by atoms with Crippen molar-refractivity contribution in [3.8, 4) is 11.5 Å². The van der Waals surface area contributed by atoms with Crippen molar-refractivity contribution in [3.63, 3.8) is 0 Å². The Balaban J connectivity index is 0.000000239. The number of likely N-dealkylation sites (tertiary alicyclic amines) is 1. The zero-order valence-corrected chi connectivity index (χ0v) is 24.7. The van der Waals surface area contributed by atoms with Crippen LogP contribution >= 0.6 is 0 Å². The summed E-state index contributed by atoms with van der Waals surface area (Å²) in [5, 5.41) is 0. The number of ketones is 1. The molecule has 1 saturated carbocycles. The van der Waals surface area contributed by atoms with Gasteiger partial charge in [-0.15, -0.1) is 0 Å². The Morgan fingerprint density at radius 3 is 2.10 bits per heavy atom. The van der Waals surface area contributed by atoms with Crippen LogP contribution in [0.1, 0.15) is 92.6 Å². The van der Waals surface area contributed by atoms with E-state index in [1.54, 1.807) is 38.5 Å². The summed E-state index contributed by atoms with van der Waals surface area (Å²) in [6, 6.07) is 13.7. The average Bonchev–Trinajstić information content (AvgIpc) is 3.54. The van der Waals surface area contributed by atoms with Crippen LogP contribution in [0.4, 0.5) is 0 Å². The van der Waals surface area contributed by atoms with Crippen molar-refractivity contribution in [2.75, 3.05) is 33.9 Å². The van der Waals surface area contributed by atoms with E-state index in [1.165, 1.54) is 62.9 Å². The SMILES string of the molecule is CC1CC1.COc1cc(CCCN2CCCC2)ccc1C.COc1ccc(C(=O)CCCCCC(N)=O)cc1. The predicted octanol–water partition coefficient (Wildman–Crippen LogP) is 6.76. The number of hydrogen-bond acceptors (Lipinski definition) is 5. The zero-order chi connectivity index (χ0) is 28.5. The molecule has 0 aromatic heterocycles. The van der Waals surface area contributed by atoms with Crippen molar-refractivity contribution in [3.05, 3.63) is 59.2 Å². The van der Waals surface area contributed by atoms with Crippen LogP contribution in [0.5, 0.6) is 11.5 Å². The molecule has 0 unspecified atom stereocenters. The largest absolute Gasteiger partial charge is 0.497 e. The highest BCUT2D eigenvalue weighted by Crippen LogP contribution is 2.26. The second-order valence-corrected chi connectivity index (χ2v) is 10.8. The molecule has 2 fully saturated rings. The molecular formula is C33H50N2O4. The second-order valence-electron chi connectivity index (χ2n) is 10.8. The molecule has 2 aromatic rings. The van der Waals surface area contributed by atoms with Crippen LogP contribution in [-0.4, -0.2) is 50.4 Å². The third kappa shape index (κ3) is 14.2. The molecule has 1 aliphatic carbocycles. The second kappa shape index (κ2) is 18.4. The molecule has 2 aromatic carbocycles.